The van der Waals surface area contributed by atoms with Crippen LogP contribution in [0.3, 0.4) is 0 Å². The molecule has 0 atom stereocenters. The number of rotatable bonds is 6. The second kappa shape index (κ2) is 5.56. The van der Waals surface area contributed by atoms with Gasteiger partial charge in [0.1, 0.15) is 11.6 Å². The van der Waals surface area contributed by atoms with Crippen molar-refractivity contribution in [3.8, 4) is 0 Å². The first kappa shape index (κ1) is 12.5. The van der Waals surface area contributed by atoms with Gasteiger partial charge in [0, 0.05) is 37.4 Å². The van der Waals surface area contributed by atoms with Gasteiger partial charge in [-0.25, -0.2) is 8.78 Å². The minimum absolute atomic E-state index is 0.148. The lowest BCUT2D eigenvalue weighted by Gasteiger charge is -2.21. The summed E-state index contributed by atoms with van der Waals surface area (Å²) in [4.78, 5) is 2.16. The summed E-state index contributed by atoms with van der Waals surface area (Å²) < 4.78 is 26.3. The summed E-state index contributed by atoms with van der Waals surface area (Å²) in [5, 5.41) is 8.82. The van der Waals surface area contributed by atoms with Gasteiger partial charge in [-0.1, -0.05) is 6.07 Å². The van der Waals surface area contributed by atoms with Gasteiger partial charge in [-0.05, 0) is 25.3 Å². The van der Waals surface area contributed by atoms with E-state index in [1.807, 2.05) is 0 Å². The molecule has 0 aromatic heterocycles. The van der Waals surface area contributed by atoms with E-state index >= 15 is 0 Å². The molecule has 1 fully saturated rings. The Morgan fingerprint density at radius 2 is 2.06 bits per heavy atom. The highest BCUT2D eigenvalue weighted by Crippen LogP contribution is 2.28. The predicted molar refractivity (Wildman–Crippen MR) is 61.5 cm³/mol. The molecule has 0 amide bonds. The Morgan fingerprint density at radius 1 is 1.29 bits per heavy atom. The second-order valence-electron chi connectivity index (χ2n) is 4.51. The van der Waals surface area contributed by atoms with Crippen molar-refractivity contribution < 1.29 is 13.9 Å². The molecule has 0 heterocycles. The first-order valence-electron chi connectivity index (χ1n) is 5.99. The predicted octanol–water partition coefficient (Wildman–Crippen LogP) is 2.31. The Labute approximate surface area is 99.9 Å². The van der Waals surface area contributed by atoms with E-state index in [9.17, 15) is 8.78 Å². The van der Waals surface area contributed by atoms with Crippen LogP contribution >= 0.6 is 0 Å². The largest absolute Gasteiger partial charge is 0.396 e. The highest BCUT2D eigenvalue weighted by atomic mass is 19.1. The van der Waals surface area contributed by atoms with Crippen molar-refractivity contribution in [3.05, 3.63) is 35.4 Å². The van der Waals surface area contributed by atoms with Crippen LogP contribution in [-0.2, 0) is 6.54 Å². The maximum Gasteiger partial charge on any atom is 0.130 e. The van der Waals surface area contributed by atoms with Crippen LogP contribution in [0.25, 0.3) is 0 Å². The average Bonchev–Trinajstić information content (AvgIpc) is 3.11. The van der Waals surface area contributed by atoms with Gasteiger partial charge in [0.15, 0.2) is 0 Å². The summed E-state index contributed by atoms with van der Waals surface area (Å²) in [5.41, 5.74) is 0.524. The third kappa shape index (κ3) is 3.48. The zero-order chi connectivity index (χ0) is 12.3. The molecule has 0 unspecified atom stereocenters. The Kier molecular flexibility index (Phi) is 4.07. The molecular formula is C13H17F2NO. The third-order valence-electron chi connectivity index (χ3n) is 3.06. The average molecular weight is 241 g/mol. The maximum atomic E-state index is 13.5. The van der Waals surface area contributed by atoms with Crippen molar-refractivity contribution in [1.29, 1.82) is 0 Å². The number of benzene rings is 1. The van der Waals surface area contributed by atoms with Gasteiger partial charge in [-0.15, -0.1) is 0 Å². The van der Waals surface area contributed by atoms with Gasteiger partial charge in [0.2, 0.25) is 0 Å². The number of hydrogen-bond acceptors (Lipinski definition) is 2. The summed E-state index contributed by atoms with van der Waals surface area (Å²) in [7, 11) is 0. The van der Waals surface area contributed by atoms with E-state index in [-0.39, 0.29) is 6.61 Å². The summed E-state index contributed by atoms with van der Waals surface area (Å²) in [6, 6.07) is 4.21. The third-order valence-corrected chi connectivity index (χ3v) is 3.06. The minimum Gasteiger partial charge on any atom is -0.396 e. The molecule has 0 bridgehead atoms. The number of halogens is 2. The normalized spacial score (nSPS) is 15.5. The van der Waals surface area contributed by atoms with Crippen LogP contribution in [0.4, 0.5) is 8.78 Å². The van der Waals surface area contributed by atoms with E-state index in [2.05, 4.69) is 4.90 Å². The molecule has 1 aromatic rings. The van der Waals surface area contributed by atoms with Gasteiger partial charge in [0.05, 0.1) is 0 Å². The molecule has 1 N–H and O–H groups in total. The summed E-state index contributed by atoms with van der Waals surface area (Å²) in [5.74, 6) is -1.03. The van der Waals surface area contributed by atoms with Crippen LogP contribution in [0, 0.1) is 11.6 Å². The quantitative estimate of drug-likeness (QED) is 0.826. The molecule has 0 radical (unpaired) electrons. The fraction of sp³-hybridized carbons (Fsp3) is 0.538. The standard InChI is InChI=1S/C13H17F2NO/c14-11-3-2-10(13(15)8-11)9-16(6-1-7-17)12-4-5-12/h2-3,8,12,17H,1,4-7,9H2. The fourth-order valence-electron chi connectivity index (χ4n) is 1.97. The second-order valence-corrected chi connectivity index (χ2v) is 4.51. The number of hydrogen-bond donors (Lipinski definition) is 1. The topological polar surface area (TPSA) is 23.5 Å². The van der Waals surface area contributed by atoms with Gasteiger partial charge in [-0.3, -0.25) is 4.90 Å². The summed E-state index contributed by atoms with van der Waals surface area (Å²) in [6.07, 6.45) is 2.96. The lowest BCUT2D eigenvalue weighted by molar-refractivity contribution is 0.210. The molecule has 1 aromatic carbocycles. The monoisotopic (exact) mass is 241 g/mol. The molecular weight excluding hydrogens is 224 g/mol. The molecule has 1 aliphatic rings. The fourth-order valence-corrected chi connectivity index (χ4v) is 1.97. The summed E-state index contributed by atoms with van der Waals surface area (Å²) in [6.45, 7) is 1.41. The Hall–Kier alpha value is -1.00. The number of nitrogens with zero attached hydrogens (tertiary/aromatic N) is 1. The maximum absolute atomic E-state index is 13.5. The highest BCUT2D eigenvalue weighted by molar-refractivity contribution is 5.18. The number of aliphatic hydroxyl groups excluding tert-OH is 1. The first-order chi connectivity index (χ1) is 8.20. The Morgan fingerprint density at radius 3 is 2.65 bits per heavy atom. The van der Waals surface area contributed by atoms with E-state index in [0.717, 1.165) is 25.5 Å². The van der Waals surface area contributed by atoms with Gasteiger partial charge in [-0.2, -0.15) is 0 Å². The van der Waals surface area contributed by atoms with Crippen molar-refractivity contribution >= 4 is 0 Å². The van der Waals surface area contributed by atoms with Crippen molar-refractivity contribution in [2.75, 3.05) is 13.2 Å². The zero-order valence-electron chi connectivity index (χ0n) is 9.70. The highest BCUT2D eigenvalue weighted by Gasteiger charge is 2.28. The molecule has 4 heteroatoms. The molecule has 0 saturated heterocycles. The molecule has 2 nitrogen and oxygen atoms in total. The van der Waals surface area contributed by atoms with Crippen molar-refractivity contribution in [2.24, 2.45) is 0 Å². The molecule has 2 rings (SSSR count). The number of aliphatic hydroxyl groups is 1. The van der Waals surface area contributed by atoms with Crippen molar-refractivity contribution in [2.45, 2.75) is 31.8 Å². The van der Waals surface area contributed by atoms with Crippen molar-refractivity contribution in [1.82, 2.24) is 4.90 Å². The molecule has 17 heavy (non-hydrogen) atoms. The SMILES string of the molecule is OCCCN(Cc1ccc(F)cc1F)C1CC1. The molecule has 94 valence electrons. The Bertz CT molecular complexity index is 380. The lowest BCUT2D eigenvalue weighted by Crippen LogP contribution is -2.27. The van der Waals surface area contributed by atoms with E-state index in [4.69, 9.17) is 5.11 Å². The minimum atomic E-state index is -0.542. The van der Waals surface area contributed by atoms with E-state index in [1.54, 1.807) is 0 Å². The Balaban J connectivity index is 2.00. The smallest absolute Gasteiger partial charge is 0.130 e. The van der Waals surface area contributed by atoms with Crippen LogP contribution in [-0.4, -0.2) is 29.2 Å². The summed E-state index contributed by atoms with van der Waals surface area (Å²) >= 11 is 0. The first-order valence-corrected chi connectivity index (χ1v) is 5.99. The van der Waals surface area contributed by atoms with Crippen LogP contribution < -0.4 is 0 Å². The molecule has 1 aliphatic carbocycles. The molecule has 0 spiro atoms. The van der Waals surface area contributed by atoms with Crippen LogP contribution in [0.2, 0.25) is 0 Å². The zero-order valence-corrected chi connectivity index (χ0v) is 9.70. The van der Waals surface area contributed by atoms with Crippen LogP contribution in [0.1, 0.15) is 24.8 Å². The molecule has 1 saturated carbocycles. The van der Waals surface area contributed by atoms with Crippen LogP contribution in [0.15, 0.2) is 18.2 Å². The van der Waals surface area contributed by atoms with Crippen molar-refractivity contribution in [3.63, 3.8) is 0 Å². The van der Waals surface area contributed by atoms with Gasteiger partial charge < -0.3 is 5.11 Å². The lowest BCUT2D eigenvalue weighted by atomic mass is 10.2. The van der Waals surface area contributed by atoms with Gasteiger partial charge >= 0.3 is 0 Å². The van der Waals surface area contributed by atoms with E-state index in [0.29, 0.717) is 24.6 Å². The van der Waals surface area contributed by atoms with E-state index < -0.39 is 11.6 Å². The van der Waals surface area contributed by atoms with Gasteiger partial charge in [0.25, 0.3) is 0 Å². The van der Waals surface area contributed by atoms with E-state index in [1.165, 1.54) is 12.1 Å². The molecule has 0 aliphatic heterocycles. The van der Waals surface area contributed by atoms with Crippen LogP contribution in [0.5, 0.6) is 0 Å².